The van der Waals surface area contributed by atoms with Crippen molar-refractivity contribution >= 4 is 17.5 Å². The summed E-state index contributed by atoms with van der Waals surface area (Å²) in [6.07, 6.45) is 8.30. The van der Waals surface area contributed by atoms with Crippen LogP contribution in [0.2, 0.25) is 5.02 Å². The predicted octanol–water partition coefficient (Wildman–Crippen LogP) is 3.55. The first-order valence-electron chi connectivity index (χ1n) is 9.15. The Bertz CT molecular complexity index is 937. The summed E-state index contributed by atoms with van der Waals surface area (Å²) in [5.41, 5.74) is 0.693. The molecule has 0 radical (unpaired) electrons. The van der Waals surface area contributed by atoms with Crippen molar-refractivity contribution in [3.8, 4) is 5.75 Å². The predicted molar refractivity (Wildman–Crippen MR) is 104 cm³/mol. The fourth-order valence-electron chi connectivity index (χ4n) is 3.92. The van der Waals surface area contributed by atoms with Gasteiger partial charge in [-0.15, -0.1) is 0 Å². The minimum Gasteiger partial charge on any atom is -0.483 e. The SMILES string of the molecule is O=C(NC[C@H]1C[C@@H]2C=C[C@H]1C2)c1cc(=O)c(OCc2ccccc2Cl)c[nH]1. The lowest BCUT2D eigenvalue weighted by Gasteiger charge is -2.18. The van der Waals surface area contributed by atoms with Crippen molar-refractivity contribution in [3.05, 3.63) is 75.2 Å². The molecule has 2 aromatic rings. The lowest BCUT2D eigenvalue weighted by Crippen LogP contribution is -2.32. The van der Waals surface area contributed by atoms with Gasteiger partial charge in [0, 0.05) is 29.4 Å². The van der Waals surface area contributed by atoms with Crippen LogP contribution in [0.15, 0.2) is 53.5 Å². The first-order chi connectivity index (χ1) is 13.1. The Balaban J connectivity index is 1.35. The highest BCUT2D eigenvalue weighted by Crippen LogP contribution is 2.42. The average molecular weight is 385 g/mol. The topological polar surface area (TPSA) is 71.2 Å². The van der Waals surface area contributed by atoms with Crippen LogP contribution in [0.5, 0.6) is 5.75 Å². The van der Waals surface area contributed by atoms with E-state index in [-0.39, 0.29) is 29.4 Å². The molecule has 1 fully saturated rings. The largest absolute Gasteiger partial charge is 0.483 e. The third-order valence-corrected chi connectivity index (χ3v) is 5.77. The van der Waals surface area contributed by atoms with Crippen molar-refractivity contribution in [3.63, 3.8) is 0 Å². The molecule has 27 heavy (non-hydrogen) atoms. The summed E-state index contributed by atoms with van der Waals surface area (Å²) in [6, 6.07) is 8.57. The Labute approximate surface area is 162 Å². The smallest absolute Gasteiger partial charge is 0.267 e. The molecular weight excluding hydrogens is 364 g/mol. The normalized spacial score (nSPS) is 22.8. The summed E-state index contributed by atoms with van der Waals surface area (Å²) in [5, 5.41) is 3.52. The molecule has 0 unspecified atom stereocenters. The van der Waals surface area contributed by atoms with Gasteiger partial charge in [-0.1, -0.05) is 42.0 Å². The number of fused-ring (bicyclic) bond motifs is 2. The van der Waals surface area contributed by atoms with E-state index < -0.39 is 0 Å². The first-order valence-corrected chi connectivity index (χ1v) is 9.53. The van der Waals surface area contributed by atoms with Crippen LogP contribution in [0.4, 0.5) is 0 Å². The van der Waals surface area contributed by atoms with E-state index in [1.165, 1.54) is 18.7 Å². The van der Waals surface area contributed by atoms with E-state index in [0.29, 0.717) is 29.3 Å². The van der Waals surface area contributed by atoms with E-state index in [1.54, 1.807) is 6.07 Å². The van der Waals surface area contributed by atoms with Crippen LogP contribution in [0, 0.1) is 17.8 Å². The third kappa shape index (κ3) is 3.93. The van der Waals surface area contributed by atoms with E-state index >= 15 is 0 Å². The molecule has 6 heteroatoms. The zero-order chi connectivity index (χ0) is 18.8. The molecule has 1 heterocycles. The summed E-state index contributed by atoms with van der Waals surface area (Å²) in [5.74, 6) is 1.64. The number of H-pyrrole nitrogens is 1. The molecular formula is C21H21ClN2O3. The molecule has 0 aliphatic heterocycles. The van der Waals surface area contributed by atoms with Crippen molar-refractivity contribution in [2.75, 3.05) is 6.54 Å². The maximum absolute atomic E-state index is 12.3. The average Bonchev–Trinajstić information content (AvgIpc) is 3.29. The monoisotopic (exact) mass is 384 g/mol. The lowest BCUT2D eigenvalue weighted by molar-refractivity contribution is 0.0940. The minimum atomic E-state index is -0.339. The van der Waals surface area contributed by atoms with E-state index in [2.05, 4.69) is 22.5 Å². The molecule has 1 saturated carbocycles. The van der Waals surface area contributed by atoms with Crippen LogP contribution in [0.25, 0.3) is 0 Å². The quantitative estimate of drug-likeness (QED) is 0.748. The third-order valence-electron chi connectivity index (χ3n) is 5.40. The number of halogens is 1. The van der Waals surface area contributed by atoms with Crippen LogP contribution in [-0.4, -0.2) is 17.4 Å². The van der Waals surface area contributed by atoms with Crippen molar-refractivity contribution in [2.24, 2.45) is 17.8 Å². The van der Waals surface area contributed by atoms with Gasteiger partial charge in [-0.25, -0.2) is 0 Å². The molecule has 0 spiro atoms. The number of rotatable bonds is 6. The van der Waals surface area contributed by atoms with E-state index in [1.807, 2.05) is 18.2 Å². The highest BCUT2D eigenvalue weighted by atomic mass is 35.5. The summed E-state index contributed by atoms with van der Waals surface area (Å²) in [4.78, 5) is 27.4. The summed E-state index contributed by atoms with van der Waals surface area (Å²) in [7, 11) is 0. The van der Waals surface area contributed by atoms with Gasteiger partial charge in [0.25, 0.3) is 5.91 Å². The first kappa shape index (κ1) is 17.9. The van der Waals surface area contributed by atoms with E-state index in [0.717, 1.165) is 12.0 Å². The molecule has 5 nitrogen and oxygen atoms in total. The van der Waals surface area contributed by atoms with Gasteiger partial charge >= 0.3 is 0 Å². The van der Waals surface area contributed by atoms with Gasteiger partial charge < -0.3 is 15.0 Å². The zero-order valence-corrected chi connectivity index (χ0v) is 15.5. The van der Waals surface area contributed by atoms with Crippen LogP contribution >= 0.6 is 11.6 Å². The van der Waals surface area contributed by atoms with Gasteiger partial charge in [0.05, 0.1) is 0 Å². The summed E-state index contributed by atoms with van der Waals surface area (Å²) >= 11 is 6.09. The number of aromatic nitrogens is 1. The number of hydrogen-bond donors (Lipinski definition) is 2. The maximum Gasteiger partial charge on any atom is 0.267 e. The van der Waals surface area contributed by atoms with Gasteiger partial charge in [-0.2, -0.15) is 0 Å². The molecule has 2 N–H and O–H groups in total. The van der Waals surface area contributed by atoms with E-state index in [9.17, 15) is 9.59 Å². The van der Waals surface area contributed by atoms with Gasteiger partial charge in [-0.3, -0.25) is 9.59 Å². The van der Waals surface area contributed by atoms with Crippen molar-refractivity contribution in [2.45, 2.75) is 19.4 Å². The van der Waals surface area contributed by atoms with Crippen LogP contribution < -0.4 is 15.5 Å². The Hall–Kier alpha value is -2.53. The van der Waals surface area contributed by atoms with Crippen molar-refractivity contribution in [1.82, 2.24) is 10.3 Å². The molecule has 1 aromatic heterocycles. The Morgan fingerprint density at radius 1 is 1.26 bits per heavy atom. The Morgan fingerprint density at radius 3 is 2.81 bits per heavy atom. The number of carbonyl (C=O) groups excluding carboxylic acids is 1. The molecule has 4 rings (SSSR count). The fourth-order valence-corrected chi connectivity index (χ4v) is 4.11. The minimum absolute atomic E-state index is 0.157. The number of benzene rings is 1. The lowest BCUT2D eigenvalue weighted by atomic mass is 9.93. The van der Waals surface area contributed by atoms with Gasteiger partial charge in [0.15, 0.2) is 5.75 Å². The second-order valence-electron chi connectivity index (χ2n) is 7.21. The molecule has 1 amide bonds. The van der Waals surface area contributed by atoms with Crippen LogP contribution in [-0.2, 0) is 6.61 Å². The molecule has 1 aromatic carbocycles. The van der Waals surface area contributed by atoms with Crippen molar-refractivity contribution < 1.29 is 9.53 Å². The highest BCUT2D eigenvalue weighted by Gasteiger charge is 2.35. The van der Waals surface area contributed by atoms with E-state index in [4.69, 9.17) is 16.3 Å². The molecule has 2 bridgehead atoms. The van der Waals surface area contributed by atoms with Crippen LogP contribution in [0.1, 0.15) is 28.9 Å². The molecule has 2 aliphatic rings. The maximum atomic E-state index is 12.3. The van der Waals surface area contributed by atoms with Crippen LogP contribution in [0.3, 0.4) is 0 Å². The summed E-state index contributed by atoms with van der Waals surface area (Å²) < 4.78 is 5.55. The second-order valence-corrected chi connectivity index (χ2v) is 7.61. The van der Waals surface area contributed by atoms with Gasteiger partial charge in [-0.05, 0) is 36.7 Å². The second kappa shape index (κ2) is 7.61. The number of ether oxygens (including phenoxy) is 1. The highest BCUT2D eigenvalue weighted by molar-refractivity contribution is 6.31. The number of amides is 1. The molecule has 0 saturated heterocycles. The number of hydrogen-bond acceptors (Lipinski definition) is 3. The summed E-state index contributed by atoms with van der Waals surface area (Å²) in [6.45, 7) is 0.823. The van der Waals surface area contributed by atoms with Crippen molar-refractivity contribution in [1.29, 1.82) is 0 Å². The molecule has 2 aliphatic carbocycles. The molecule has 3 atom stereocenters. The Kier molecular flexibility index (Phi) is 5.03. The molecule has 140 valence electrons. The van der Waals surface area contributed by atoms with Gasteiger partial charge in [0.2, 0.25) is 5.43 Å². The number of carbonyl (C=O) groups is 1. The fraction of sp³-hybridized carbons (Fsp3) is 0.333. The number of aromatic amines is 1. The Morgan fingerprint density at radius 2 is 2.11 bits per heavy atom. The number of nitrogens with one attached hydrogen (secondary N) is 2. The number of allylic oxidation sites excluding steroid dienone is 2. The zero-order valence-electron chi connectivity index (χ0n) is 14.8. The standard InChI is InChI=1S/C21H21ClN2O3/c22-17-4-2-1-3-15(17)12-27-20-11-23-18(9-19(20)25)21(26)24-10-16-8-13-5-6-14(16)7-13/h1-6,9,11,13-14,16H,7-8,10,12H2,(H,23,25)(H,24,26)/t13-,14+,16-/m1/s1. The van der Waals surface area contributed by atoms with Gasteiger partial charge in [0.1, 0.15) is 12.3 Å². The number of pyridine rings is 1.